The third kappa shape index (κ3) is 18.9. The predicted molar refractivity (Wildman–Crippen MR) is 297 cm³/mol. The molecule has 0 radical (unpaired) electrons. The second-order valence-electron chi connectivity index (χ2n) is 23.4. The summed E-state index contributed by atoms with van der Waals surface area (Å²) in [5.41, 5.74) is 1.51. The number of piperidine rings is 1. The molecule has 4 fully saturated rings. The molecular formula is C60H96NO16P. The molecule has 2 bridgehead atoms. The number of methoxy groups -OCH3 is 3. The minimum absolute atomic E-state index is 0.0292. The molecule has 5 aliphatic rings. The van der Waals surface area contributed by atoms with Gasteiger partial charge in [-0.25, -0.2) is 4.79 Å². The van der Waals surface area contributed by atoms with Gasteiger partial charge in [-0.05, 0) is 120 Å². The highest BCUT2D eigenvalue weighted by atomic mass is 31.2. The van der Waals surface area contributed by atoms with Gasteiger partial charge in [0.25, 0.3) is 11.7 Å². The number of amides is 1. The topological polar surface area (TPSA) is 209 Å². The van der Waals surface area contributed by atoms with E-state index in [4.69, 9.17) is 42.4 Å². The second-order valence-corrected chi connectivity index (χ2v) is 26.2. The molecule has 17 nitrogen and oxygen atoms in total. The van der Waals surface area contributed by atoms with Crippen LogP contribution < -0.4 is 0 Å². The van der Waals surface area contributed by atoms with Crippen LogP contribution in [0.5, 0.6) is 0 Å². The summed E-state index contributed by atoms with van der Waals surface area (Å²) in [5, 5.41) is 12.3. The fourth-order valence-electron chi connectivity index (χ4n) is 12.0. The first kappa shape index (κ1) is 65.6. The lowest BCUT2D eigenvalue weighted by atomic mass is 9.78. The highest BCUT2D eigenvalue weighted by Crippen LogP contribution is 2.45. The van der Waals surface area contributed by atoms with E-state index in [9.17, 15) is 33.6 Å². The Labute approximate surface area is 465 Å². The standard InChI is InChI=1S/C60H96NO16P/c1-38-18-14-13-15-19-39(2)51(74-31-30-73-46-25-28-72-29-26-46)36-47-23-21-44(7)60(67,76-47)57(64)58(65)61-27-17-16-20-48(61)59(66)75-52(41(4)34-45-22-24-50(53(35-45)69-8)77-78(11,12)68)37-49(62)40(3)33-43(6)55(70-9)56(71-10)54(63)42(5)32-38/h13-15,18-19,33,38,40-42,44-48,50-53,55-56,67H,16-17,20-32,34-37H2,1-12H3/b15-13+,18-14+,39-19+,43-33+/t38-,40-,41-,42-,44-,45+,47+,48+,50-,51?,52+,53-,55-,56+,60-/m1/s1. The summed E-state index contributed by atoms with van der Waals surface area (Å²) in [6, 6.07) is -1.16. The Hall–Kier alpha value is -3.22. The summed E-state index contributed by atoms with van der Waals surface area (Å²) in [6.45, 7) is 18.3. The lowest BCUT2D eigenvalue weighted by Crippen LogP contribution is -2.61. The van der Waals surface area contributed by atoms with Crippen molar-refractivity contribution in [3.8, 4) is 0 Å². The van der Waals surface area contributed by atoms with Crippen molar-refractivity contribution in [3.05, 3.63) is 47.6 Å². The number of carbonyl (C=O) groups is 5. The predicted octanol–water partition coefficient (Wildman–Crippen LogP) is 8.96. The number of allylic oxidation sites excluding steroid dienone is 6. The minimum Gasteiger partial charge on any atom is -0.460 e. The maximum absolute atomic E-state index is 14.7. The minimum atomic E-state index is -2.80. The van der Waals surface area contributed by atoms with E-state index in [0.717, 1.165) is 24.8 Å². The average molecular weight is 1120 g/mol. The number of fused-ring (bicyclic) bond motifs is 3. The molecule has 1 amide bonds. The van der Waals surface area contributed by atoms with E-state index in [1.54, 1.807) is 40.4 Å². The Bertz CT molecular complexity index is 2150. The fourth-order valence-corrected chi connectivity index (χ4v) is 12.9. The van der Waals surface area contributed by atoms with E-state index in [1.165, 1.54) is 19.1 Å². The first-order valence-electron chi connectivity index (χ1n) is 28.8. The summed E-state index contributed by atoms with van der Waals surface area (Å²) in [4.78, 5) is 73.6. The number of aliphatic hydroxyl groups is 1. The molecule has 4 aliphatic heterocycles. The Morgan fingerprint density at radius 1 is 0.795 bits per heavy atom. The second kappa shape index (κ2) is 31.3. The van der Waals surface area contributed by atoms with E-state index < -0.39 is 79.2 Å². The van der Waals surface area contributed by atoms with Crippen molar-refractivity contribution in [3.63, 3.8) is 0 Å². The van der Waals surface area contributed by atoms with Crippen LogP contribution in [0.25, 0.3) is 0 Å². The highest BCUT2D eigenvalue weighted by molar-refractivity contribution is 7.57. The molecule has 78 heavy (non-hydrogen) atoms. The normalized spacial score (nSPS) is 37.3. The number of Topliss-reactive ketones (excluding diaryl/α,β-unsaturated/α-hetero) is 3. The van der Waals surface area contributed by atoms with Gasteiger partial charge in [-0.3, -0.25) is 23.7 Å². The molecule has 0 aromatic heterocycles. The van der Waals surface area contributed by atoms with Crippen LogP contribution in [-0.2, 0) is 71.0 Å². The third-order valence-corrected chi connectivity index (χ3v) is 17.5. The van der Waals surface area contributed by atoms with E-state index in [-0.39, 0.29) is 86.0 Å². The quantitative estimate of drug-likeness (QED) is 0.0600. The average Bonchev–Trinajstić information content (AvgIpc) is 3.45. The highest BCUT2D eigenvalue weighted by Gasteiger charge is 2.53. The van der Waals surface area contributed by atoms with Crippen LogP contribution in [-0.4, -0.2) is 168 Å². The molecule has 5 rings (SSSR count). The Morgan fingerprint density at radius 3 is 2.18 bits per heavy atom. The van der Waals surface area contributed by atoms with Gasteiger partial charge in [-0.2, -0.15) is 0 Å². The Balaban J connectivity index is 1.47. The zero-order chi connectivity index (χ0) is 57.3. The van der Waals surface area contributed by atoms with Crippen molar-refractivity contribution in [1.82, 2.24) is 4.90 Å². The lowest BCUT2D eigenvalue weighted by Gasteiger charge is -2.43. The number of carbonyl (C=O) groups excluding carboxylic acids is 5. The molecule has 18 heteroatoms. The van der Waals surface area contributed by atoms with Crippen molar-refractivity contribution < 1.29 is 76.1 Å². The molecule has 15 atom stereocenters. The monoisotopic (exact) mass is 1120 g/mol. The molecule has 3 saturated heterocycles. The van der Waals surface area contributed by atoms with Crippen molar-refractivity contribution in [2.45, 2.75) is 199 Å². The lowest BCUT2D eigenvalue weighted by molar-refractivity contribution is -0.266. The van der Waals surface area contributed by atoms with Gasteiger partial charge >= 0.3 is 5.97 Å². The van der Waals surface area contributed by atoms with Crippen molar-refractivity contribution in [1.29, 1.82) is 0 Å². The zero-order valence-electron chi connectivity index (χ0n) is 49.0. The van der Waals surface area contributed by atoms with Crippen molar-refractivity contribution in [2.75, 3.05) is 67.6 Å². The van der Waals surface area contributed by atoms with E-state index in [1.807, 2.05) is 65.0 Å². The number of ether oxygens (including phenoxy) is 8. The van der Waals surface area contributed by atoms with Gasteiger partial charge in [-0.1, -0.05) is 71.1 Å². The van der Waals surface area contributed by atoms with Crippen molar-refractivity contribution >= 4 is 36.6 Å². The smallest absolute Gasteiger partial charge is 0.329 e. The molecule has 0 spiro atoms. The van der Waals surface area contributed by atoms with Crippen LogP contribution in [0.2, 0.25) is 0 Å². The van der Waals surface area contributed by atoms with Gasteiger partial charge in [0, 0.05) is 85.0 Å². The molecular weight excluding hydrogens is 1020 g/mol. The molecule has 1 aliphatic carbocycles. The van der Waals surface area contributed by atoms with Gasteiger partial charge in [0.2, 0.25) is 5.79 Å². The first-order valence-corrected chi connectivity index (χ1v) is 31.4. The molecule has 1 saturated carbocycles. The zero-order valence-corrected chi connectivity index (χ0v) is 49.9. The van der Waals surface area contributed by atoms with Gasteiger partial charge in [0.1, 0.15) is 30.1 Å². The van der Waals surface area contributed by atoms with Crippen molar-refractivity contribution in [2.24, 2.45) is 35.5 Å². The van der Waals surface area contributed by atoms with Gasteiger partial charge in [0.15, 0.2) is 13.2 Å². The maximum Gasteiger partial charge on any atom is 0.329 e. The summed E-state index contributed by atoms with van der Waals surface area (Å²) in [6.07, 6.45) is 14.1. The molecule has 1 unspecified atom stereocenters. The molecule has 442 valence electrons. The van der Waals surface area contributed by atoms with Gasteiger partial charge < -0.3 is 52.4 Å². The molecule has 1 N–H and O–H groups in total. The Kier molecular flexibility index (Phi) is 26.3. The van der Waals surface area contributed by atoms with Crippen LogP contribution in [0.3, 0.4) is 0 Å². The number of esters is 1. The first-order chi connectivity index (χ1) is 37.0. The van der Waals surface area contributed by atoms with E-state index in [2.05, 4.69) is 0 Å². The van der Waals surface area contributed by atoms with Gasteiger partial charge in [-0.15, -0.1) is 0 Å². The third-order valence-electron chi connectivity index (χ3n) is 16.7. The molecule has 0 aromatic carbocycles. The summed E-state index contributed by atoms with van der Waals surface area (Å²) < 4.78 is 67.1. The van der Waals surface area contributed by atoms with Crippen LogP contribution in [0, 0.1) is 35.5 Å². The summed E-state index contributed by atoms with van der Waals surface area (Å²) in [5.74, 6) is -7.78. The van der Waals surface area contributed by atoms with Crippen LogP contribution in [0.4, 0.5) is 0 Å². The summed E-state index contributed by atoms with van der Waals surface area (Å²) in [7, 11) is 1.80. The number of hydrogen-bond acceptors (Lipinski definition) is 16. The van der Waals surface area contributed by atoms with Gasteiger partial charge in [0.05, 0.1) is 43.7 Å². The number of nitrogens with zero attached hydrogens (tertiary/aromatic N) is 1. The Morgan fingerprint density at radius 2 is 1.50 bits per heavy atom. The summed E-state index contributed by atoms with van der Waals surface area (Å²) >= 11 is 0. The van der Waals surface area contributed by atoms with Crippen LogP contribution in [0.15, 0.2) is 47.6 Å². The number of cyclic esters (lactones) is 1. The number of ketones is 3. The largest absolute Gasteiger partial charge is 0.460 e. The maximum atomic E-state index is 14.7. The fraction of sp³-hybridized carbons (Fsp3) is 0.783. The molecule has 0 aromatic rings. The molecule has 4 heterocycles. The van der Waals surface area contributed by atoms with Crippen LogP contribution in [0.1, 0.15) is 138 Å². The number of rotatable bonds is 13. The van der Waals surface area contributed by atoms with E-state index in [0.29, 0.717) is 76.8 Å². The SMILES string of the molecule is CO[C@@H]1/C(C)=C/[C@@H](C)C(=O)C[C@@H]([C@H](C)C[C@@H]2CC[C@@H](OP(C)(C)=O)[C@H](OC)C2)OC(=O)[C@@H]2CCCCN2C(=O)C(=O)[C@]2(O)O[C@@H](CC[C@H]2C)CC(OCCOC2CCOCC2)/C(C)=C/C=C/C=C/[C@@H](C)C[C@@H](C)C(=O)[C@@H]1OC. The number of hydrogen-bond donors (Lipinski definition) is 1. The van der Waals surface area contributed by atoms with E-state index >= 15 is 0 Å². The van der Waals surface area contributed by atoms with Crippen LogP contribution >= 0.6 is 7.37 Å².